The summed E-state index contributed by atoms with van der Waals surface area (Å²) < 4.78 is 32.1. The maximum absolute atomic E-state index is 13.1. The van der Waals surface area contributed by atoms with E-state index in [2.05, 4.69) is 0 Å². The topological polar surface area (TPSA) is 83.9 Å². The molecule has 0 unspecified atom stereocenters. The summed E-state index contributed by atoms with van der Waals surface area (Å²) in [7, 11) is -2.51. The first kappa shape index (κ1) is 19.5. The Hall–Kier alpha value is -2.22. The van der Waals surface area contributed by atoms with Crippen LogP contribution in [-0.2, 0) is 25.2 Å². The standard InChI is InChI=1S/C20H23NO5S/c1-15-8-10-18(11-9-15)27(24,25)21-13-17(12-19(22)26-2)20(23,14-21)16-6-4-3-5-7-16/h3-11,17,23H,12-14H2,1-2H3/t17-,20+/m0/s1. The number of hydrogen-bond acceptors (Lipinski definition) is 5. The highest BCUT2D eigenvalue weighted by Crippen LogP contribution is 2.41. The molecule has 0 spiro atoms. The van der Waals surface area contributed by atoms with Gasteiger partial charge in [-0.2, -0.15) is 4.31 Å². The van der Waals surface area contributed by atoms with E-state index >= 15 is 0 Å². The highest BCUT2D eigenvalue weighted by atomic mass is 32.2. The third kappa shape index (κ3) is 3.76. The van der Waals surface area contributed by atoms with Crippen LogP contribution in [0.3, 0.4) is 0 Å². The third-order valence-corrected chi connectivity index (χ3v) is 6.92. The van der Waals surface area contributed by atoms with Gasteiger partial charge >= 0.3 is 5.97 Å². The van der Waals surface area contributed by atoms with Crippen LogP contribution in [0.25, 0.3) is 0 Å². The minimum Gasteiger partial charge on any atom is -0.469 e. The van der Waals surface area contributed by atoms with Crippen molar-refractivity contribution in [2.24, 2.45) is 5.92 Å². The average Bonchev–Trinajstić information content (AvgIpc) is 3.01. The quantitative estimate of drug-likeness (QED) is 0.792. The first-order valence-corrected chi connectivity index (χ1v) is 10.1. The number of rotatable bonds is 5. The third-order valence-electron chi connectivity index (χ3n) is 5.09. The van der Waals surface area contributed by atoms with Crippen molar-refractivity contribution in [3.05, 3.63) is 65.7 Å². The maximum atomic E-state index is 13.1. The average molecular weight is 389 g/mol. The van der Waals surface area contributed by atoms with E-state index in [9.17, 15) is 18.3 Å². The van der Waals surface area contributed by atoms with Crippen LogP contribution in [0.5, 0.6) is 0 Å². The minimum absolute atomic E-state index is 0.0384. The molecule has 6 nitrogen and oxygen atoms in total. The number of carbonyl (C=O) groups excluding carboxylic acids is 1. The molecule has 27 heavy (non-hydrogen) atoms. The van der Waals surface area contributed by atoms with Gasteiger partial charge in [-0.25, -0.2) is 8.42 Å². The summed E-state index contributed by atoms with van der Waals surface area (Å²) in [5.74, 6) is -1.09. The van der Waals surface area contributed by atoms with Gasteiger partial charge in [-0.15, -0.1) is 0 Å². The number of ether oxygens (including phenoxy) is 1. The zero-order valence-corrected chi connectivity index (χ0v) is 16.1. The Morgan fingerprint density at radius 1 is 1.19 bits per heavy atom. The van der Waals surface area contributed by atoms with E-state index in [0.717, 1.165) is 5.56 Å². The van der Waals surface area contributed by atoms with Crippen LogP contribution in [0.4, 0.5) is 0 Å². The second-order valence-corrected chi connectivity index (χ2v) is 8.82. The zero-order chi connectivity index (χ0) is 19.7. The fourth-order valence-electron chi connectivity index (χ4n) is 3.47. The Bertz CT molecular complexity index is 911. The van der Waals surface area contributed by atoms with Gasteiger partial charge in [-0.05, 0) is 24.6 Å². The number of nitrogens with zero attached hydrogens (tertiary/aromatic N) is 1. The fraction of sp³-hybridized carbons (Fsp3) is 0.350. The Balaban J connectivity index is 1.97. The fourth-order valence-corrected chi connectivity index (χ4v) is 4.99. The van der Waals surface area contributed by atoms with Gasteiger partial charge in [-0.3, -0.25) is 4.79 Å². The molecular formula is C20H23NO5S. The highest BCUT2D eigenvalue weighted by molar-refractivity contribution is 7.89. The van der Waals surface area contributed by atoms with Crippen LogP contribution in [0.2, 0.25) is 0 Å². The number of β-amino-alcohol motifs (C(OH)–C–C–N with tert-alkyl or cyclic N) is 1. The van der Waals surface area contributed by atoms with Crippen molar-refractivity contribution >= 4 is 16.0 Å². The van der Waals surface area contributed by atoms with E-state index in [4.69, 9.17) is 4.74 Å². The Morgan fingerprint density at radius 2 is 1.81 bits per heavy atom. The van der Waals surface area contributed by atoms with Gasteiger partial charge in [0, 0.05) is 19.0 Å². The molecule has 1 saturated heterocycles. The number of esters is 1. The largest absolute Gasteiger partial charge is 0.469 e. The summed E-state index contributed by atoms with van der Waals surface area (Å²) >= 11 is 0. The summed E-state index contributed by atoms with van der Waals surface area (Å²) in [6, 6.07) is 15.4. The van der Waals surface area contributed by atoms with E-state index < -0.39 is 27.5 Å². The van der Waals surface area contributed by atoms with E-state index in [1.165, 1.54) is 11.4 Å². The smallest absolute Gasteiger partial charge is 0.305 e. The van der Waals surface area contributed by atoms with Gasteiger partial charge in [0.15, 0.2) is 0 Å². The van der Waals surface area contributed by atoms with Crippen LogP contribution >= 0.6 is 0 Å². The van der Waals surface area contributed by atoms with Crippen LogP contribution < -0.4 is 0 Å². The summed E-state index contributed by atoms with van der Waals surface area (Å²) in [4.78, 5) is 12.0. The Labute approximate surface area is 159 Å². The normalized spacial score (nSPS) is 23.3. The molecular weight excluding hydrogens is 366 g/mol. The molecule has 2 atom stereocenters. The van der Waals surface area contributed by atoms with Gasteiger partial charge in [-0.1, -0.05) is 48.0 Å². The van der Waals surface area contributed by atoms with Crippen LogP contribution in [0, 0.1) is 12.8 Å². The molecule has 2 aromatic carbocycles. The van der Waals surface area contributed by atoms with Gasteiger partial charge in [0.1, 0.15) is 5.60 Å². The number of aryl methyl sites for hydroxylation is 1. The molecule has 0 aromatic heterocycles. The lowest BCUT2D eigenvalue weighted by atomic mass is 9.82. The monoisotopic (exact) mass is 389 g/mol. The van der Waals surface area contributed by atoms with E-state index in [-0.39, 0.29) is 24.4 Å². The van der Waals surface area contributed by atoms with Crippen molar-refractivity contribution in [3.8, 4) is 0 Å². The van der Waals surface area contributed by atoms with Crippen molar-refractivity contribution in [3.63, 3.8) is 0 Å². The maximum Gasteiger partial charge on any atom is 0.305 e. The van der Waals surface area contributed by atoms with Gasteiger partial charge in [0.05, 0.1) is 18.4 Å². The summed E-state index contributed by atoms with van der Waals surface area (Å²) in [5.41, 5.74) is 0.0768. The number of benzene rings is 2. The van der Waals surface area contributed by atoms with E-state index in [1.54, 1.807) is 48.5 Å². The predicted molar refractivity (Wildman–Crippen MR) is 100 cm³/mol. The minimum atomic E-state index is -3.79. The lowest BCUT2D eigenvalue weighted by Crippen LogP contribution is -2.37. The first-order chi connectivity index (χ1) is 12.8. The van der Waals surface area contributed by atoms with Crippen LogP contribution in [0.1, 0.15) is 17.5 Å². The molecule has 2 aromatic rings. The lowest BCUT2D eigenvalue weighted by molar-refractivity contribution is -0.143. The molecule has 0 amide bonds. The molecule has 7 heteroatoms. The van der Waals surface area contributed by atoms with Crippen molar-refractivity contribution in [2.45, 2.75) is 23.8 Å². The van der Waals surface area contributed by atoms with Crippen molar-refractivity contribution in [1.29, 1.82) is 0 Å². The molecule has 1 fully saturated rings. The van der Waals surface area contributed by atoms with Gasteiger partial charge in [0.2, 0.25) is 10.0 Å². The molecule has 1 aliphatic heterocycles. The second kappa shape index (κ2) is 7.42. The number of hydrogen-bond donors (Lipinski definition) is 1. The van der Waals surface area contributed by atoms with E-state index in [0.29, 0.717) is 5.56 Å². The predicted octanol–water partition coefficient (Wildman–Crippen LogP) is 2.07. The SMILES string of the molecule is COC(=O)C[C@H]1CN(S(=O)(=O)c2ccc(C)cc2)C[C@@]1(O)c1ccccc1. The zero-order valence-electron chi connectivity index (χ0n) is 15.3. The van der Waals surface area contributed by atoms with Crippen LogP contribution in [-0.4, -0.2) is 44.0 Å². The highest BCUT2D eigenvalue weighted by Gasteiger charge is 2.50. The van der Waals surface area contributed by atoms with Crippen molar-refractivity contribution < 1.29 is 23.1 Å². The Kier molecular flexibility index (Phi) is 5.37. The summed E-state index contributed by atoms with van der Waals surface area (Å²) in [6.07, 6.45) is -0.0676. The van der Waals surface area contributed by atoms with Crippen molar-refractivity contribution in [2.75, 3.05) is 20.2 Å². The van der Waals surface area contributed by atoms with Crippen molar-refractivity contribution in [1.82, 2.24) is 4.31 Å². The van der Waals surface area contributed by atoms with Gasteiger partial charge in [0.25, 0.3) is 0 Å². The number of methoxy groups -OCH3 is 1. The molecule has 0 aliphatic carbocycles. The first-order valence-electron chi connectivity index (χ1n) is 8.69. The van der Waals surface area contributed by atoms with Gasteiger partial charge < -0.3 is 9.84 Å². The molecule has 1 heterocycles. The molecule has 0 radical (unpaired) electrons. The van der Waals surface area contributed by atoms with E-state index in [1.807, 2.05) is 13.0 Å². The summed E-state index contributed by atoms with van der Waals surface area (Å²) in [6.45, 7) is 1.80. The lowest BCUT2D eigenvalue weighted by Gasteiger charge is -2.29. The summed E-state index contributed by atoms with van der Waals surface area (Å²) in [5, 5.41) is 11.4. The Morgan fingerprint density at radius 3 is 2.41 bits per heavy atom. The molecule has 0 bridgehead atoms. The number of sulfonamides is 1. The molecule has 0 saturated carbocycles. The van der Waals surface area contributed by atoms with Crippen LogP contribution in [0.15, 0.2) is 59.5 Å². The molecule has 1 aliphatic rings. The second-order valence-electron chi connectivity index (χ2n) is 6.88. The number of carbonyl (C=O) groups is 1. The molecule has 3 rings (SSSR count). The molecule has 144 valence electrons. The number of aliphatic hydroxyl groups is 1. The molecule has 1 N–H and O–H groups in total.